The number of hydrogen-bond acceptors (Lipinski definition) is 5. The summed E-state index contributed by atoms with van der Waals surface area (Å²) in [5, 5.41) is 15.4. The maximum atomic E-state index is 12.1. The number of aryl methyl sites for hydroxylation is 1. The number of anilines is 1. The van der Waals surface area contributed by atoms with E-state index in [9.17, 15) is 14.4 Å². The monoisotopic (exact) mass is 362 g/mol. The predicted molar refractivity (Wildman–Crippen MR) is 97.0 cm³/mol. The molecule has 9 heteroatoms. The summed E-state index contributed by atoms with van der Waals surface area (Å²) in [6, 6.07) is 1.57. The Kier molecular flexibility index (Phi) is 5.81. The van der Waals surface area contributed by atoms with Crippen LogP contribution in [0.5, 0.6) is 0 Å². The lowest BCUT2D eigenvalue weighted by Crippen LogP contribution is -2.57. The van der Waals surface area contributed by atoms with Crippen LogP contribution in [0.3, 0.4) is 0 Å². The number of carbonyl (C=O) groups is 3. The van der Waals surface area contributed by atoms with E-state index < -0.39 is 18.1 Å². The molecule has 4 N–H and O–H groups in total. The highest BCUT2D eigenvalue weighted by Crippen LogP contribution is 2.26. The molecule has 26 heavy (non-hydrogen) atoms. The molecular formula is C17H26N6O3. The zero-order valence-corrected chi connectivity index (χ0v) is 15.5. The lowest BCUT2D eigenvalue weighted by atomic mass is 9.84. The van der Waals surface area contributed by atoms with Gasteiger partial charge in [0.2, 0.25) is 5.91 Å². The van der Waals surface area contributed by atoms with E-state index in [1.807, 2.05) is 20.8 Å². The maximum absolute atomic E-state index is 12.1. The van der Waals surface area contributed by atoms with Crippen molar-refractivity contribution in [2.45, 2.75) is 46.4 Å². The third-order valence-corrected chi connectivity index (χ3v) is 4.05. The van der Waals surface area contributed by atoms with Crippen LogP contribution in [-0.4, -0.2) is 40.1 Å². The Morgan fingerprint density at radius 2 is 2.12 bits per heavy atom. The smallest absolute Gasteiger partial charge is 0.314 e. The van der Waals surface area contributed by atoms with Crippen LogP contribution >= 0.6 is 0 Å². The zero-order chi connectivity index (χ0) is 19.5. The lowest BCUT2D eigenvalue weighted by Gasteiger charge is -2.39. The number of hydrogen-bond donors (Lipinski definition) is 4. The molecule has 0 radical (unpaired) electrons. The van der Waals surface area contributed by atoms with Gasteiger partial charge in [-0.15, -0.1) is 6.58 Å². The van der Waals surface area contributed by atoms with Crippen LogP contribution in [0.15, 0.2) is 18.7 Å². The summed E-state index contributed by atoms with van der Waals surface area (Å²) in [6.45, 7) is 11.6. The standard InChI is InChI=1S/C17H26N6O3/c1-6-7-18-14(25)15(26)20-12-8-10(2)22-23(12)16-19-11(17(3,4)5)9-13(24)21-16/h6,8,11,16,19H,1,7,9H2,2-5H3,(H,18,25)(H,20,26)(H,21,24). The number of carbonyl (C=O) groups excluding carboxylic acids is 3. The second kappa shape index (κ2) is 7.69. The minimum atomic E-state index is -0.817. The van der Waals surface area contributed by atoms with Gasteiger partial charge in [-0.05, 0) is 12.3 Å². The van der Waals surface area contributed by atoms with Crippen molar-refractivity contribution in [2.75, 3.05) is 11.9 Å². The van der Waals surface area contributed by atoms with E-state index in [0.717, 1.165) is 0 Å². The van der Waals surface area contributed by atoms with Crippen LogP contribution in [-0.2, 0) is 14.4 Å². The number of amides is 3. The lowest BCUT2D eigenvalue weighted by molar-refractivity contribution is -0.136. The summed E-state index contributed by atoms with van der Waals surface area (Å²) in [6.07, 6.45) is 1.21. The first-order chi connectivity index (χ1) is 12.1. The SMILES string of the molecule is C=CCNC(=O)C(=O)Nc1cc(C)nn1C1NC(=O)CC(C(C)(C)C)N1. The highest BCUT2D eigenvalue weighted by atomic mass is 16.2. The summed E-state index contributed by atoms with van der Waals surface area (Å²) in [5.41, 5.74) is 0.507. The fraction of sp³-hybridized carbons (Fsp3) is 0.529. The Labute approximate surface area is 152 Å². The Morgan fingerprint density at radius 3 is 2.73 bits per heavy atom. The van der Waals surface area contributed by atoms with Crippen LogP contribution < -0.4 is 21.3 Å². The molecule has 0 bridgehead atoms. The molecule has 2 unspecified atom stereocenters. The largest absolute Gasteiger partial charge is 0.344 e. The van der Waals surface area contributed by atoms with Crippen LogP contribution in [0, 0.1) is 12.3 Å². The topological polar surface area (TPSA) is 117 Å². The van der Waals surface area contributed by atoms with Crippen molar-refractivity contribution in [3.8, 4) is 0 Å². The molecule has 9 nitrogen and oxygen atoms in total. The Bertz CT molecular complexity index is 719. The molecule has 1 aliphatic heterocycles. The average molecular weight is 362 g/mol. The number of aromatic nitrogens is 2. The Balaban J connectivity index is 2.20. The van der Waals surface area contributed by atoms with E-state index in [0.29, 0.717) is 17.9 Å². The molecular weight excluding hydrogens is 336 g/mol. The number of nitrogens with one attached hydrogen (secondary N) is 4. The van der Waals surface area contributed by atoms with Crippen LogP contribution in [0.1, 0.15) is 39.2 Å². The van der Waals surface area contributed by atoms with Gasteiger partial charge in [0.05, 0.1) is 5.69 Å². The van der Waals surface area contributed by atoms with Gasteiger partial charge >= 0.3 is 11.8 Å². The van der Waals surface area contributed by atoms with Gasteiger partial charge in [-0.1, -0.05) is 26.8 Å². The van der Waals surface area contributed by atoms with Gasteiger partial charge in [0.15, 0.2) is 6.29 Å². The van der Waals surface area contributed by atoms with Gasteiger partial charge in [0, 0.05) is 25.1 Å². The summed E-state index contributed by atoms with van der Waals surface area (Å²) < 4.78 is 1.46. The molecule has 0 spiro atoms. The Morgan fingerprint density at radius 1 is 1.42 bits per heavy atom. The normalized spacial score (nSPS) is 20.2. The van der Waals surface area contributed by atoms with E-state index in [1.54, 1.807) is 13.0 Å². The first kappa shape index (κ1) is 19.6. The van der Waals surface area contributed by atoms with Gasteiger partial charge in [0.25, 0.3) is 0 Å². The van der Waals surface area contributed by atoms with Gasteiger partial charge in [0.1, 0.15) is 5.82 Å². The molecule has 0 saturated carbocycles. The van der Waals surface area contributed by atoms with Crippen molar-refractivity contribution >= 4 is 23.5 Å². The molecule has 2 rings (SSSR count). The van der Waals surface area contributed by atoms with Crippen LogP contribution in [0.25, 0.3) is 0 Å². The second-order valence-corrected chi connectivity index (χ2v) is 7.33. The van der Waals surface area contributed by atoms with Crippen LogP contribution in [0.2, 0.25) is 0 Å². The summed E-state index contributed by atoms with van der Waals surface area (Å²) >= 11 is 0. The van der Waals surface area contributed by atoms with E-state index in [4.69, 9.17) is 0 Å². The number of rotatable bonds is 4. The van der Waals surface area contributed by atoms with Gasteiger partial charge in [-0.25, -0.2) is 4.68 Å². The molecule has 0 aliphatic carbocycles. The van der Waals surface area contributed by atoms with Crippen molar-refractivity contribution in [3.63, 3.8) is 0 Å². The molecule has 1 saturated heterocycles. The highest BCUT2D eigenvalue weighted by Gasteiger charge is 2.35. The first-order valence-electron chi connectivity index (χ1n) is 8.43. The van der Waals surface area contributed by atoms with E-state index in [-0.39, 0.29) is 23.9 Å². The van der Waals surface area contributed by atoms with Gasteiger partial charge in [-0.2, -0.15) is 5.10 Å². The molecule has 1 aliphatic rings. The zero-order valence-electron chi connectivity index (χ0n) is 15.5. The molecule has 3 amide bonds. The van der Waals surface area contributed by atoms with Crippen molar-refractivity contribution in [3.05, 3.63) is 24.4 Å². The van der Waals surface area contributed by atoms with Crippen molar-refractivity contribution in [1.29, 1.82) is 0 Å². The van der Waals surface area contributed by atoms with E-state index in [2.05, 4.69) is 32.9 Å². The molecule has 142 valence electrons. The second-order valence-electron chi connectivity index (χ2n) is 7.33. The maximum Gasteiger partial charge on any atom is 0.314 e. The summed E-state index contributed by atoms with van der Waals surface area (Å²) in [4.78, 5) is 35.9. The quantitative estimate of drug-likeness (QED) is 0.457. The van der Waals surface area contributed by atoms with E-state index >= 15 is 0 Å². The van der Waals surface area contributed by atoms with Crippen molar-refractivity contribution in [1.82, 2.24) is 25.7 Å². The van der Waals surface area contributed by atoms with E-state index in [1.165, 1.54) is 10.8 Å². The third kappa shape index (κ3) is 4.69. The highest BCUT2D eigenvalue weighted by molar-refractivity contribution is 6.39. The Hall–Kier alpha value is -2.68. The predicted octanol–water partition coefficient (Wildman–Crippen LogP) is 0.413. The van der Waals surface area contributed by atoms with Crippen molar-refractivity contribution in [2.24, 2.45) is 5.41 Å². The fourth-order valence-corrected chi connectivity index (χ4v) is 2.60. The molecule has 2 atom stereocenters. The summed E-state index contributed by atoms with van der Waals surface area (Å²) in [5.74, 6) is -1.39. The first-order valence-corrected chi connectivity index (χ1v) is 8.43. The number of nitrogens with zero attached hydrogens (tertiary/aromatic N) is 2. The van der Waals surface area contributed by atoms with Crippen molar-refractivity contribution < 1.29 is 14.4 Å². The summed E-state index contributed by atoms with van der Waals surface area (Å²) in [7, 11) is 0. The minimum absolute atomic E-state index is 0.0646. The fourth-order valence-electron chi connectivity index (χ4n) is 2.60. The molecule has 1 fully saturated rings. The molecule has 2 heterocycles. The molecule has 1 aromatic rings. The van der Waals surface area contributed by atoms with Gasteiger partial charge in [-0.3, -0.25) is 19.7 Å². The van der Waals surface area contributed by atoms with Crippen LogP contribution in [0.4, 0.5) is 5.82 Å². The molecule has 1 aromatic heterocycles. The minimum Gasteiger partial charge on any atom is -0.344 e. The molecule has 0 aromatic carbocycles. The van der Waals surface area contributed by atoms with Gasteiger partial charge < -0.3 is 16.0 Å². The third-order valence-electron chi connectivity index (χ3n) is 4.05. The average Bonchev–Trinajstić information content (AvgIpc) is 2.91.